The van der Waals surface area contributed by atoms with Gasteiger partial charge in [0, 0.05) is 13.1 Å². The molecular formula is C19H28N2O3. The van der Waals surface area contributed by atoms with Crippen LogP contribution in [0.3, 0.4) is 0 Å². The zero-order chi connectivity index (χ0) is 17.2. The van der Waals surface area contributed by atoms with E-state index >= 15 is 0 Å². The van der Waals surface area contributed by atoms with Crippen molar-refractivity contribution < 1.29 is 14.3 Å². The summed E-state index contributed by atoms with van der Waals surface area (Å²) < 4.78 is 11.2. The molecule has 1 saturated heterocycles. The van der Waals surface area contributed by atoms with Gasteiger partial charge in [0.15, 0.2) is 11.5 Å². The van der Waals surface area contributed by atoms with E-state index in [-0.39, 0.29) is 5.91 Å². The Bertz CT molecular complexity index is 592. The summed E-state index contributed by atoms with van der Waals surface area (Å²) >= 11 is 0. The van der Waals surface area contributed by atoms with Gasteiger partial charge in [0.25, 0.3) is 0 Å². The van der Waals surface area contributed by atoms with E-state index in [0.717, 1.165) is 49.5 Å². The van der Waals surface area contributed by atoms with Gasteiger partial charge in [0.1, 0.15) is 13.2 Å². The predicted octanol–water partition coefficient (Wildman–Crippen LogP) is 2.19. The van der Waals surface area contributed by atoms with Gasteiger partial charge in [0.05, 0.1) is 5.41 Å². The number of hydrogen-bond donors (Lipinski definition) is 1. The molecule has 24 heavy (non-hydrogen) atoms. The van der Waals surface area contributed by atoms with Crippen LogP contribution in [0.2, 0.25) is 0 Å². The van der Waals surface area contributed by atoms with Gasteiger partial charge in [-0.25, -0.2) is 0 Å². The van der Waals surface area contributed by atoms with E-state index in [1.54, 1.807) is 0 Å². The molecule has 1 aromatic carbocycles. The van der Waals surface area contributed by atoms with Crippen molar-refractivity contribution in [2.75, 3.05) is 39.9 Å². The fraction of sp³-hybridized carbons (Fsp3) is 0.632. The van der Waals surface area contributed by atoms with Crippen molar-refractivity contribution >= 4 is 5.91 Å². The summed E-state index contributed by atoms with van der Waals surface area (Å²) in [6, 6.07) is 5.86. The van der Waals surface area contributed by atoms with Crippen LogP contribution in [-0.4, -0.2) is 50.7 Å². The average Bonchev–Trinajstić information content (AvgIpc) is 2.61. The molecule has 1 amide bonds. The van der Waals surface area contributed by atoms with E-state index in [9.17, 15) is 4.79 Å². The maximum Gasteiger partial charge on any atom is 0.232 e. The van der Waals surface area contributed by atoms with Crippen molar-refractivity contribution in [3.05, 3.63) is 23.8 Å². The monoisotopic (exact) mass is 332 g/mol. The minimum atomic E-state index is -0.564. The summed E-state index contributed by atoms with van der Waals surface area (Å²) in [5.41, 5.74) is 0.417. The second kappa shape index (κ2) is 7.01. The Morgan fingerprint density at radius 3 is 2.54 bits per heavy atom. The summed E-state index contributed by atoms with van der Waals surface area (Å²) in [6.45, 7) is 7.87. The maximum atomic E-state index is 13.1. The van der Waals surface area contributed by atoms with Crippen LogP contribution in [0, 0.1) is 5.92 Å². The Morgan fingerprint density at radius 1 is 1.21 bits per heavy atom. The van der Waals surface area contributed by atoms with E-state index in [4.69, 9.17) is 9.47 Å². The number of nitrogens with zero attached hydrogens (tertiary/aromatic N) is 1. The molecule has 3 rings (SSSR count). The number of ether oxygens (including phenoxy) is 2. The van der Waals surface area contributed by atoms with E-state index in [2.05, 4.69) is 5.32 Å². The Labute approximate surface area is 144 Å². The number of benzene rings is 1. The van der Waals surface area contributed by atoms with Gasteiger partial charge in [-0.2, -0.15) is 0 Å². The zero-order valence-corrected chi connectivity index (χ0v) is 14.9. The van der Waals surface area contributed by atoms with Crippen molar-refractivity contribution in [2.45, 2.75) is 32.1 Å². The molecule has 1 N–H and O–H groups in total. The van der Waals surface area contributed by atoms with Crippen LogP contribution in [0.5, 0.6) is 11.5 Å². The van der Waals surface area contributed by atoms with Gasteiger partial charge < -0.3 is 19.7 Å². The fourth-order valence-corrected chi connectivity index (χ4v) is 3.58. The van der Waals surface area contributed by atoms with E-state index in [1.165, 1.54) is 0 Å². The molecule has 5 nitrogen and oxygen atoms in total. The SMILES string of the molecule is CNCC1CCN(C(=O)C(C)(C)c2ccc3c(c2)OCCO3)CC1. The molecule has 1 aromatic rings. The summed E-state index contributed by atoms with van der Waals surface area (Å²) in [7, 11) is 1.99. The molecule has 0 saturated carbocycles. The molecule has 0 aliphatic carbocycles. The highest BCUT2D eigenvalue weighted by molar-refractivity contribution is 5.87. The molecule has 0 atom stereocenters. The second-order valence-electron chi connectivity index (χ2n) is 7.28. The molecule has 2 aliphatic rings. The van der Waals surface area contributed by atoms with Crippen LogP contribution >= 0.6 is 0 Å². The van der Waals surface area contributed by atoms with Gasteiger partial charge in [-0.05, 0) is 63.9 Å². The lowest BCUT2D eigenvalue weighted by Gasteiger charge is -2.37. The summed E-state index contributed by atoms with van der Waals surface area (Å²) in [6.07, 6.45) is 2.15. The molecule has 2 heterocycles. The predicted molar refractivity (Wildman–Crippen MR) is 93.7 cm³/mol. The van der Waals surface area contributed by atoms with Gasteiger partial charge in [-0.1, -0.05) is 6.07 Å². The van der Waals surface area contributed by atoms with Gasteiger partial charge in [-0.3, -0.25) is 4.79 Å². The fourth-order valence-electron chi connectivity index (χ4n) is 3.58. The maximum absolute atomic E-state index is 13.1. The van der Waals surface area contributed by atoms with Crippen LogP contribution in [0.4, 0.5) is 0 Å². The van der Waals surface area contributed by atoms with Gasteiger partial charge in [0.2, 0.25) is 5.91 Å². The average molecular weight is 332 g/mol. The van der Waals surface area contributed by atoms with Crippen LogP contribution < -0.4 is 14.8 Å². The van der Waals surface area contributed by atoms with Crippen molar-refractivity contribution in [2.24, 2.45) is 5.92 Å². The second-order valence-corrected chi connectivity index (χ2v) is 7.28. The topological polar surface area (TPSA) is 50.8 Å². The first-order valence-corrected chi connectivity index (χ1v) is 8.86. The quantitative estimate of drug-likeness (QED) is 0.918. The molecule has 0 aromatic heterocycles. The minimum Gasteiger partial charge on any atom is -0.486 e. The molecule has 5 heteroatoms. The summed E-state index contributed by atoms with van der Waals surface area (Å²) in [4.78, 5) is 15.1. The molecule has 2 aliphatic heterocycles. The molecule has 1 fully saturated rings. The lowest BCUT2D eigenvalue weighted by Crippen LogP contribution is -2.47. The molecular weight excluding hydrogens is 304 g/mol. The number of carbonyl (C=O) groups excluding carboxylic acids is 1. The number of fused-ring (bicyclic) bond motifs is 1. The first-order chi connectivity index (χ1) is 11.5. The number of piperidine rings is 1. The third-order valence-electron chi connectivity index (χ3n) is 5.19. The lowest BCUT2D eigenvalue weighted by molar-refractivity contribution is -0.137. The zero-order valence-electron chi connectivity index (χ0n) is 14.9. The van der Waals surface area contributed by atoms with Crippen molar-refractivity contribution in [3.63, 3.8) is 0 Å². The van der Waals surface area contributed by atoms with Crippen molar-refractivity contribution in [3.8, 4) is 11.5 Å². The highest BCUT2D eigenvalue weighted by atomic mass is 16.6. The van der Waals surface area contributed by atoms with E-state index < -0.39 is 5.41 Å². The number of carbonyl (C=O) groups is 1. The number of rotatable bonds is 4. The Morgan fingerprint density at radius 2 is 1.88 bits per heavy atom. The highest BCUT2D eigenvalue weighted by Gasteiger charge is 2.36. The van der Waals surface area contributed by atoms with Crippen molar-refractivity contribution in [1.82, 2.24) is 10.2 Å². The smallest absolute Gasteiger partial charge is 0.232 e. The summed E-state index contributed by atoms with van der Waals surface area (Å²) in [5.74, 6) is 2.38. The van der Waals surface area contributed by atoms with Crippen LogP contribution in [0.25, 0.3) is 0 Å². The van der Waals surface area contributed by atoms with Gasteiger partial charge >= 0.3 is 0 Å². The first-order valence-electron chi connectivity index (χ1n) is 8.86. The molecule has 0 bridgehead atoms. The third kappa shape index (κ3) is 3.36. The van der Waals surface area contributed by atoms with Crippen molar-refractivity contribution in [1.29, 1.82) is 0 Å². The highest BCUT2D eigenvalue weighted by Crippen LogP contribution is 2.36. The normalized spacial score (nSPS) is 18.5. The Kier molecular flexibility index (Phi) is 4.99. The minimum absolute atomic E-state index is 0.196. The van der Waals surface area contributed by atoms with E-state index in [1.807, 2.05) is 44.0 Å². The molecule has 0 radical (unpaired) electrons. The number of amides is 1. The van der Waals surface area contributed by atoms with Crippen LogP contribution in [-0.2, 0) is 10.2 Å². The van der Waals surface area contributed by atoms with Gasteiger partial charge in [-0.15, -0.1) is 0 Å². The molecule has 0 spiro atoms. The first kappa shape index (κ1) is 17.1. The number of nitrogens with one attached hydrogen (secondary N) is 1. The largest absolute Gasteiger partial charge is 0.486 e. The van der Waals surface area contributed by atoms with Crippen LogP contribution in [0.15, 0.2) is 18.2 Å². The summed E-state index contributed by atoms with van der Waals surface area (Å²) in [5, 5.41) is 3.24. The number of hydrogen-bond acceptors (Lipinski definition) is 4. The molecule has 0 unspecified atom stereocenters. The van der Waals surface area contributed by atoms with E-state index in [0.29, 0.717) is 19.1 Å². The lowest BCUT2D eigenvalue weighted by atomic mass is 9.82. The number of likely N-dealkylation sites (tertiary alicyclic amines) is 1. The molecule has 132 valence electrons. The Balaban J connectivity index is 1.71. The Hall–Kier alpha value is -1.75. The third-order valence-corrected chi connectivity index (χ3v) is 5.19. The standard InChI is InChI=1S/C19H28N2O3/c1-19(2,15-4-5-16-17(12-15)24-11-10-23-16)18(22)21-8-6-14(7-9-21)13-20-3/h4-5,12,14,20H,6-11,13H2,1-3H3. The van der Waals surface area contributed by atoms with Crippen LogP contribution in [0.1, 0.15) is 32.3 Å².